The number of likely N-dealkylation sites (tertiary alicyclic amines) is 1. The molecule has 1 amide bonds. The van der Waals surface area contributed by atoms with E-state index in [4.69, 9.17) is 10.7 Å². The minimum absolute atomic E-state index is 0.380. The summed E-state index contributed by atoms with van der Waals surface area (Å²) in [5.41, 5.74) is 7.39. The second-order valence-corrected chi connectivity index (χ2v) is 8.55. The van der Waals surface area contributed by atoms with E-state index in [1.165, 1.54) is 18.1 Å². The SMILES string of the molecule is Nc1ncnc2c1nc(Sc1ncccc1Br)n2CCC1CCN(C=O)CC1. The summed E-state index contributed by atoms with van der Waals surface area (Å²) >= 11 is 5.03. The van der Waals surface area contributed by atoms with Crippen molar-refractivity contribution in [3.63, 3.8) is 0 Å². The monoisotopic (exact) mass is 461 g/mol. The number of nitrogens with zero attached hydrogens (tertiary/aromatic N) is 6. The lowest BCUT2D eigenvalue weighted by Crippen LogP contribution is -2.32. The van der Waals surface area contributed by atoms with E-state index in [1.54, 1.807) is 6.20 Å². The van der Waals surface area contributed by atoms with Gasteiger partial charge in [0, 0.05) is 25.8 Å². The number of pyridine rings is 1. The standard InChI is InChI=1S/C18H20BrN7OS/c19-13-2-1-6-21-17(13)28-18-24-14-15(20)22-10-23-16(14)26(18)9-5-12-3-7-25(11-27)8-4-12/h1-2,6,10-12H,3-5,7-9H2,(H2,20,22,23). The summed E-state index contributed by atoms with van der Waals surface area (Å²) in [6.07, 6.45) is 7.23. The third kappa shape index (κ3) is 3.97. The normalized spacial score (nSPS) is 15.2. The molecule has 146 valence electrons. The van der Waals surface area contributed by atoms with E-state index in [2.05, 4.69) is 35.4 Å². The Bertz CT molecular complexity index is 987. The van der Waals surface area contributed by atoms with Crippen LogP contribution >= 0.6 is 27.7 Å². The number of aromatic nitrogens is 5. The Balaban J connectivity index is 1.59. The van der Waals surface area contributed by atoms with Gasteiger partial charge in [0.1, 0.15) is 11.4 Å². The van der Waals surface area contributed by atoms with E-state index < -0.39 is 0 Å². The molecular weight excluding hydrogens is 442 g/mol. The fourth-order valence-corrected chi connectivity index (χ4v) is 4.78. The van der Waals surface area contributed by atoms with Crippen LogP contribution in [0.5, 0.6) is 0 Å². The molecule has 4 rings (SSSR count). The van der Waals surface area contributed by atoms with E-state index in [1.807, 2.05) is 17.0 Å². The molecular formula is C18H20BrN7OS. The van der Waals surface area contributed by atoms with Crippen LogP contribution in [0.2, 0.25) is 0 Å². The van der Waals surface area contributed by atoms with Gasteiger partial charge in [0.25, 0.3) is 0 Å². The minimum Gasteiger partial charge on any atom is -0.382 e. The van der Waals surface area contributed by atoms with Gasteiger partial charge in [0.05, 0.1) is 4.47 Å². The first-order valence-corrected chi connectivity index (χ1v) is 10.7. The van der Waals surface area contributed by atoms with Crippen LogP contribution in [0, 0.1) is 5.92 Å². The molecule has 28 heavy (non-hydrogen) atoms. The van der Waals surface area contributed by atoms with Crippen LogP contribution in [0.25, 0.3) is 11.2 Å². The van der Waals surface area contributed by atoms with Crippen molar-refractivity contribution < 1.29 is 4.79 Å². The predicted octanol–water partition coefficient (Wildman–Crippen LogP) is 2.98. The number of piperidine rings is 1. The molecule has 3 aromatic rings. The van der Waals surface area contributed by atoms with Gasteiger partial charge in [-0.1, -0.05) is 0 Å². The zero-order chi connectivity index (χ0) is 19.5. The second kappa shape index (κ2) is 8.44. The third-order valence-corrected chi connectivity index (χ3v) is 6.91. The molecule has 0 aliphatic carbocycles. The maximum atomic E-state index is 10.9. The number of fused-ring (bicyclic) bond motifs is 1. The lowest BCUT2D eigenvalue weighted by Gasteiger charge is -2.29. The summed E-state index contributed by atoms with van der Waals surface area (Å²) in [4.78, 5) is 30.4. The van der Waals surface area contributed by atoms with Crippen LogP contribution in [0.3, 0.4) is 0 Å². The summed E-state index contributed by atoms with van der Waals surface area (Å²) < 4.78 is 3.02. The van der Waals surface area contributed by atoms with Crippen molar-refractivity contribution in [3.05, 3.63) is 29.1 Å². The number of rotatable bonds is 6. The summed E-state index contributed by atoms with van der Waals surface area (Å²) in [5.74, 6) is 0.956. The zero-order valence-corrected chi connectivity index (χ0v) is 17.6. The molecule has 1 aliphatic heterocycles. The van der Waals surface area contributed by atoms with Gasteiger partial charge in [-0.3, -0.25) is 4.79 Å². The van der Waals surface area contributed by atoms with Gasteiger partial charge in [-0.05, 0) is 65.0 Å². The first kappa shape index (κ1) is 19.1. The summed E-state index contributed by atoms with van der Waals surface area (Å²) in [6, 6.07) is 3.84. The van der Waals surface area contributed by atoms with E-state index in [-0.39, 0.29) is 0 Å². The summed E-state index contributed by atoms with van der Waals surface area (Å²) in [6.45, 7) is 2.44. The quantitative estimate of drug-likeness (QED) is 0.562. The van der Waals surface area contributed by atoms with Gasteiger partial charge in [0.15, 0.2) is 22.1 Å². The number of halogens is 1. The number of hydrogen-bond donors (Lipinski definition) is 1. The molecule has 10 heteroatoms. The molecule has 1 saturated heterocycles. The summed E-state index contributed by atoms with van der Waals surface area (Å²) in [7, 11) is 0. The number of carbonyl (C=O) groups excluding carboxylic acids is 1. The second-order valence-electron chi connectivity index (χ2n) is 6.74. The maximum Gasteiger partial charge on any atom is 0.209 e. The zero-order valence-electron chi connectivity index (χ0n) is 15.2. The van der Waals surface area contributed by atoms with Crippen LogP contribution in [0.15, 0.2) is 39.3 Å². The van der Waals surface area contributed by atoms with Gasteiger partial charge < -0.3 is 15.2 Å². The molecule has 0 saturated carbocycles. The number of hydrogen-bond acceptors (Lipinski definition) is 7. The Hall–Kier alpha value is -2.20. The number of nitrogens with two attached hydrogens (primary N) is 1. The number of carbonyl (C=O) groups is 1. The highest BCUT2D eigenvalue weighted by Gasteiger charge is 2.21. The van der Waals surface area contributed by atoms with Gasteiger partial charge in [-0.25, -0.2) is 19.9 Å². The fourth-order valence-electron chi connectivity index (χ4n) is 3.40. The first-order valence-electron chi connectivity index (χ1n) is 9.10. The van der Waals surface area contributed by atoms with Crippen molar-refractivity contribution in [2.24, 2.45) is 5.92 Å². The van der Waals surface area contributed by atoms with Gasteiger partial charge in [-0.2, -0.15) is 0 Å². The van der Waals surface area contributed by atoms with E-state index >= 15 is 0 Å². The van der Waals surface area contributed by atoms with Gasteiger partial charge in [0.2, 0.25) is 6.41 Å². The summed E-state index contributed by atoms with van der Waals surface area (Å²) in [5, 5.41) is 1.64. The number of amides is 1. The lowest BCUT2D eigenvalue weighted by molar-refractivity contribution is -0.119. The van der Waals surface area contributed by atoms with Crippen molar-refractivity contribution in [2.45, 2.75) is 36.0 Å². The molecule has 0 aromatic carbocycles. The number of nitrogen functional groups attached to an aromatic ring is 1. The highest BCUT2D eigenvalue weighted by molar-refractivity contribution is 9.10. The third-order valence-electron chi connectivity index (χ3n) is 5.00. The Kier molecular flexibility index (Phi) is 5.77. The van der Waals surface area contributed by atoms with Crippen molar-refractivity contribution in [1.29, 1.82) is 0 Å². The molecule has 2 N–H and O–H groups in total. The molecule has 0 spiro atoms. The molecule has 1 fully saturated rings. The Morgan fingerprint density at radius 2 is 2.11 bits per heavy atom. The number of aryl methyl sites for hydroxylation is 1. The molecule has 4 heterocycles. The van der Waals surface area contributed by atoms with E-state index in [0.717, 1.165) is 65.6 Å². The average molecular weight is 462 g/mol. The molecule has 3 aromatic heterocycles. The van der Waals surface area contributed by atoms with Crippen LogP contribution in [0.4, 0.5) is 5.82 Å². The van der Waals surface area contributed by atoms with Crippen LogP contribution < -0.4 is 5.73 Å². The molecule has 0 radical (unpaired) electrons. The largest absolute Gasteiger partial charge is 0.382 e. The van der Waals surface area contributed by atoms with Gasteiger partial charge in [-0.15, -0.1) is 0 Å². The minimum atomic E-state index is 0.380. The topological polar surface area (TPSA) is 103 Å². The Morgan fingerprint density at radius 1 is 1.29 bits per heavy atom. The van der Waals surface area contributed by atoms with Crippen molar-refractivity contribution in [1.82, 2.24) is 29.4 Å². The van der Waals surface area contributed by atoms with E-state index in [9.17, 15) is 4.79 Å². The molecule has 8 nitrogen and oxygen atoms in total. The molecule has 0 unspecified atom stereocenters. The highest BCUT2D eigenvalue weighted by Crippen LogP contribution is 2.34. The highest BCUT2D eigenvalue weighted by atomic mass is 79.9. The first-order chi connectivity index (χ1) is 13.7. The van der Waals surface area contributed by atoms with E-state index in [0.29, 0.717) is 17.3 Å². The molecule has 0 bridgehead atoms. The van der Waals surface area contributed by atoms with Gasteiger partial charge >= 0.3 is 0 Å². The smallest absolute Gasteiger partial charge is 0.209 e. The van der Waals surface area contributed by atoms with Crippen molar-refractivity contribution >= 4 is 51.1 Å². The maximum absolute atomic E-state index is 10.9. The fraction of sp³-hybridized carbons (Fsp3) is 0.389. The van der Waals surface area contributed by atoms with Crippen LogP contribution in [-0.2, 0) is 11.3 Å². The lowest BCUT2D eigenvalue weighted by atomic mass is 9.94. The number of anilines is 1. The van der Waals surface area contributed by atoms with Crippen LogP contribution in [0.1, 0.15) is 19.3 Å². The molecule has 0 atom stereocenters. The predicted molar refractivity (Wildman–Crippen MR) is 111 cm³/mol. The Labute approximate surface area is 175 Å². The van der Waals surface area contributed by atoms with Crippen LogP contribution in [-0.4, -0.2) is 48.9 Å². The average Bonchev–Trinajstić information content (AvgIpc) is 3.07. The molecule has 1 aliphatic rings. The van der Waals surface area contributed by atoms with Crippen molar-refractivity contribution in [3.8, 4) is 0 Å². The number of imidazole rings is 1. The van der Waals surface area contributed by atoms with Crippen molar-refractivity contribution in [2.75, 3.05) is 18.8 Å². The Morgan fingerprint density at radius 3 is 2.86 bits per heavy atom.